The lowest BCUT2D eigenvalue weighted by Gasteiger charge is -2.32. The van der Waals surface area contributed by atoms with E-state index in [-0.39, 0.29) is 5.54 Å². The van der Waals surface area contributed by atoms with Gasteiger partial charge in [-0.25, -0.2) is 4.98 Å². The van der Waals surface area contributed by atoms with Crippen molar-refractivity contribution in [1.82, 2.24) is 14.5 Å². The average Bonchev–Trinajstić information content (AvgIpc) is 2.82. The third-order valence-electron chi connectivity index (χ3n) is 3.35. The largest absolute Gasteiger partial charge is 0.379 e. The van der Waals surface area contributed by atoms with Gasteiger partial charge in [0.15, 0.2) is 0 Å². The first-order valence-electron chi connectivity index (χ1n) is 5.97. The fourth-order valence-corrected chi connectivity index (χ4v) is 2.00. The Balaban J connectivity index is 1.84. The van der Waals surface area contributed by atoms with Gasteiger partial charge in [0, 0.05) is 37.6 Å². The lowest BCUT2D eigenvalue weighted by Crippen LogP contribution is -2.39. The number of morpholine rings is 1. The van der Waals surface area contributed by atoms with Crippen LogP contribution in [0.4, 0.5) is 0 Å². The normalized spacial score (nSPS) is 18.9. The SMILES string of the molecule is CC(C)(CCN1CCOCC1)n1ccnc1. The van der Waals surface area contributed by atoms with Gasteiger partial charge in [0.2, 0.25) is 0 Å². The molecule has 0 radical (unpaired) electrons. The summed E-state index contributed by atoms with van der Waals surface area (Å²) in [5, 5.41) is 0. The van der Waals surface area contributed by atoms with E-state index in [0.29, 0.717) is 0 Å². The lowest BCUT2D eigenvalue weighted by atomic mass is 10.00. The van der Waals surface area contributed by atoms with E-state index in [1.165, 1.54) is 0 Å². The Labute approximate surface area is 97.2 Å². The number of aromatic nitrogens is 2. The number of imidazole rings is 1. The Morgan fingerprint density at radius 2 is 2.06 bits per heavy atom. The summed E-state index contributed by atoms with van der Waals surface area (Å²) in [6.07, 6.45) is 6.93. The monoisotopic (exact) mass is 223 g/mol. The molecule has 0 N–H and O–H groups in total. The minimum absolute atomic E-state index is 0.148. The molecule has 90 valence electrons. The molecule has 0 aliphatic carbocycles. The molecule has 4 nitrogen and oxygen atoms in total. The second-order valence-electron chi connectivity index (χ2n) is 4.99. The molecule has 0 aromatic carbocycles. The van der Waals surface area contributed by atoms with E-state index in [4.69, 9.17) is 4.74 Å². The number of nitrogens with zero attached hydrogens (tertiary/aromatic N) is 3. The highest BCUT2D eigenvalue weighted by molar-refractivity contribution is 4.86. The minimum atomic E-state index is 0.148. The predicted octanol–water partition coefficient (Wildman–Crippen LogP) is 1.34. The predicted molar refractivity (Wildman–Crippen MR) is 63.4 cm³/mol. The molecule has 1 aromatic rings. The van der Waals surface area contributed by atoms with Crippen molar-refractivity contribution in [2.45, 2.75) is 25.8 Å². The zero-order valence-electron chi connectivity index (χ0n) is 10.2. The van der Waals surface area contributed by atoms with Crippen LogP contribution in [0.15, 0.2) is 18.7 Å². The van der Waals surface area contributed by atoms with Crippen LogP contribution in [-0.4, -0.2) is 47.3 Å². The van der Waals surface area contributed by atoms with Crippen molar-refractivity contribution in [2.24, 2.45) is 0 Å². The van der Waals surface area contributed by atoms with Gasteiger partial charge < -0.3 is 9.30 Å². The summed E-state index contributed by atoms with van der Waals surface area (Å²) in [4.78, 5) is 6.59. The molecule has 2 heterocycles. The van der Waals surface area contributed by atoms with Crippen molar-refractivity contribution in [3.63, 3.8) is 0 Å². The maximum Gasteiger partial charge on any atom is 0.0950 e. The molecule has 1 fully saturated rings. The van der Waals surface area contributed by atoms with Crippen molar-refractivity contribution in [2.75, 3.05) is 32.8 Å². The topological polar surface area (TPSA) is 30.3 Å². The Hall–Kier alpha value is -0.870. The fraction of sp³-hybridized carbons (Fsp3) is 0.750. The number of rotatable bonds is 4. The summed E-state index contributed by atoms with van der Waals surface area (Å²) >= 11 is 0. The zero-order valence-corrected chi connectivity index (χ0v) is 10.2. The van der Waals surface area contributed by atoms with Gasteiger partial charge in [-0.3, -0.25) is 4.90 Å². The third kappa shape index (κ3) is 2.83. The van der Waals surface area contributed by atoms with Crippen LogP contribution in [0.3, 0.4) is 0 Å². The van der Waals surface area contributed by atoms with Crippen LogP contribution in [0.25, 0.3) is 0 Å². The highest BCUT2D eigenvalue weighted by Gasteiger charge is 2.21. The summed E-state index contributed by atoms with van der Waals surface area (Å²) < 4.78 is 7.53. The zero-order chi connectivity index (χ0) is 11.4. The number of ether oxygens (including phenoxy) is 1. The fourth-order valence-electron chi connectivity index (χ4n) is 2.00. The number of hydrogen-bond acceptors (Lipinski definition) is 3. The first-order chi connectivity index (χ1) is 7.68. The van der Waals surface area contributed by atoms with E-state index in [1.807, 2.05) is 18.7 Å². The van der Waals surface area contributed by atoms with E-state index >= 15 is 0 Å². The summed E-state index contributed by atoms with van der Waals surface area (Å²) in [5.74, 6) is 0. The smallest absolute Gasteiger partial charge is 0.0950 e. The van der Waals surface area contributed by atoms with Gasteiger partial charge in [0.25, 0.3) is 0 Å². The average molecular weight is 223 g/mol. The Morgan fingerprint density at radius 3 is 2.69 bits per heavy atom. The molecule has 1 aliphatic heterocycles. The Bertz CT molecular complexity index is 302. The quantitative estimate of drug-likeness (QED) is 0.771. The molecular formula is C12H21N3O. The van der Waals surface area contributed by atoms with Crippen molar-refractivity contribution in [3.8, 4) is 0 Å². The molecule has 1 saturated heterocycles. The Kier molecular flexibility index (Phi) is 3.61. The molecule has 16 heavy (non-hydrogen) atoms. The highest BCUT2D eigenvalue weighted by Crippen LogP contribution is 2.19. The Morgan fingerprint density at radius 1 is 1.31 bits per heavy atom. The molecule has 4 heteroatoms. The molecular weight excluding hydrogens is 202 g/mol. The lowest BCUT2D eigenvalue weighted by molar-refractivity contribution is 0.0331. The molecule has 0 saturated carbocycles. The van der Waals surface area contributed by atoms with Crippen LogP contribution in [0, 0.1) is 0 Å². The third-order valence-corrected chi connectivity index (χ3v) is 3.35. The van der Waals surface area contributed by atoms with Crippen LogP contribution in [0.1, 0.15) is 20.3 Å². The molecule has 0 bridgehead atoms. The van der Waals surface area contributed by atoms with E-state index in [2.05, 4.69) is 28.3 Å². The van der Waals surface area contributed by atoms with Crippen LogP contribution in [-0.2, 0) is 10.3 Å². The standard InChI is InChI=1S/C12H21N3O/c1-12(2,15-6-4-13-11-15)3-5-14-7-9-16-10-8-14/h4,6,11H,3,5,7-10H2,1-2H3. The maximum atomic E-state index is 5.35. The van der Waals surface area contributed by atoms with Gasteiger partial charge in [-0.2, -0.15) is 0 Å². The number of hydrogen-bond donors (Lipinski definition) is 0. The molecule has 0 amide bonds. The second kappa shape index (κ2) is 4.97. The van der Waals surface area contributed by atoms with Crippen molar-refractivity contribution in [3.05, 3.63) is 18.7 Å². The molecule has 1 aromatic heterocycles. The molecule has 2 rings (SSSR count). The first kappa shape index (κ1) is 11.6. The van der Waals surface area contributed by atoms with Gasteiger partial charge in [0.05, 0.1) is 19.5 Å². The van der Waals surface area contributed by atoms with E-state index in [1.54, 1.807) is 0 Å². The second-order valence-corrected chi connectivity index (χ2v) is 4.99. The van der Waals surface area contributed by atoms with Gasteiger partial charge in [-0.15, -0.1) is 0 Å². The summed E-state index contributed by atoms with van der Waals surface area (Å²) in [6.45, 7) is 9.55. The van der Waals surface area contributed by atoms with Crippen LogP contribution < -0.4 is 0 Å². The summed E-state index contributed by atoms with van der Waals surface area (Å²) in [5.41, 5.74) is 0.148. The molecule has 0 atom stereocenters. The minimum Gasteiger partial charge on any atom is -0.379 e. The highest BCUT2D eigenvalue weighted by atomic mass is 16.5. The molecule has 0 spiro atoms. The van der Waals surface area contributed by atoms with E-state index in [9.17, 15) is 0 Å². The van der Waals surface area contributed by atoms with Gasteiger partial charge >= 0.3 is 0 Å². The van der Waals surface area contributed by atoms with Gasteiger partial charge in [-0.1, -0.05) is 0 Å². The maximum absolute atomic E-state index is 5.35. The first-order valence-corrected chi connectivity index (χ1v) is 5.97. The van der Waals surface area contributed by atoms with Crippen molar-refractivity contribution in [1.29, 1.82) is 0 Å². The van der Waals surface area contributed by atoms with Crippen LogP contribution >= 0.6 is 0 Å². The van der Waals surface area contributed by atoms with Gasteiger partial charge in [-0.05, 0) is 20.3 Å². The van der Waals surface area contributed by atoms with Crippen molar-refractivity contribution >= 4 is 0 Å². The van der Waals surface area contributed by atoms with Gasteiger partial charge in [0.1, 0.15) is 0 Å². The summed E-state index contributed by atoms with van der Waals surface area (Å²) in [7, 11) is 0. The molecule has 0 unspecified atom stereocenters. The van der Waals surface area contributed by atoms with E-state index < -0.39 is 0 Å². The molecule has 1 aliphatic rings. The van der Waals surface area contributed by atoms with Crippen LogP contribution in [0.2, 0.25) is 0 Å². The summed E-state index contributed by atoms with van der Waals surface area (Å²) in [6, 6.07) is 0. The van der Waals surface area contributed by atoms with Crippen LogP contribution in [0.5, 0.6) is 0 Å². The van der Waals surface area contributed by atoms with Crippen molar-refractivity contribution < 1.29 is 4.74 Å². The van der Waals surface area contributed by atoms with E-state index in [0.717, 1.165) is 39.3 Å².